The van der Waals surface area contributed by atoms with Crippen molar-refractivity contribution >= 4 is 0 Å². The largest absolute Gasteiger partial charge is 0.497 e. The molecule has 0 aliphatic rings. The Kier molecular flexibility index (Phi) is 4.13. The fourth-order valence-electron chi connectivity index (χ4n) is 1.73. The van der Waals surface area contributed by atoms with Gasteiger partial charge in [0.15, 0.2) is 0 Å². The quantitative estimate of drug-likeness (QED) is 0.843. The van der Waals surface area contributed by atoms with Crippen molar-refractivity contribution in [1.82, 2.24) is 15.0 Å². The first-order chi connectivity index (χ1) is 9.10. The first-order valence-electron chi connectivity index (χ1n) is 6.00. The van der Waals surface area contributed by atoms with Crippen LogP contribution in [0.2, 0.25) is 0 Å². The molecule has 2 aromatic rings. The summed E-state index contributed by atoms with van der Waals surface area (Å²) in [5.74, 6) is 0.694. The molecule has 2 N–H and O–H groups in total. The lowest BCUT2D eigenvalue weighted by Crippen LogP contribution is -2.09. The number of aliphatic hydroxyl groups is 2. The molecule has 0 spiro atoms. The smallest absolute Gasteiger partial charge is 0.119 e. The van der Waals surface area contributed by atoms with Crippen molar-refractivity contribution in [1.29, 1.82) is 0 Å². The third-order valence-electron chi connectivity index (χ3n) is 2.82. The maximum absolute atomic E-state index is 10.1. The lowest BCUT2D eigenvalue weighted by atomic mass is 10.1. The van der Waals surface area contributed by atoms with E-state index in [9.17, 15) is 10.2 Å². The summed E-state index contributed by atoms with van der Waals surface area (Å²) in [6.07, 6.45) is 0.245. The van der Waals surface area contributed by atoms with Crippen LogP contribution < -0.4 is 4.74 Å². The van der Waals surface area contributed by atoms with Gasteiger partial charge in [0.05, 0.1) is 32.1 Å². The summed E-state index contributed by atoms with van der Waals surface area (Å²) < 4.78 is 6.62. The highest BCUT2D eigenvalue weighted by atomic mass is 16.5. The molecule has 6 nitrogen and oxygen atoms in total. The van der Waals surface area contributed by atoms with Crippen molar-refractivity contribution in [2.45, 2.75) is 25.7 Å². The first-order valence-corrected chi connectivity index (χ1v) is 6.00. The van der Waals surface area contributed by atoms with Crippen molar-refractivity contribution in [3.05, 3.63) is 41.7 Å². The molecule has 0 aliphatic carbocycles. The molecule has 0 aliphatic heterocycles. The lowest BCUT2D eigenvalue weighted by Gasteiger charge is -2.11. The second-order valence-electron chi connectivity index (χ2n) is 4.33. The number of ether oxygens (including phenoxy) is 1. The highest BCUT2D eigenvalue weighted by Gasteiger charge is 2.12. The number of benzene rings is 1. The number of nitrogens with zero attached hydrogens (tertiary/aromatic N) is 3. The Labute approximate surface area is 111 Å². The van der Waals surface area contributed by atoms with Crippen molar-refractivity contribution < 1.29 is 14.9 Å². The van der Waals surface area contributed by atoms with Gasteiger partial charge in [0.25, 0.3) is 0 Å². The Bertz CT molecular complexity index is 539. The predicted molar refractivity (Wildman–Crippen MR) is 68.6 cm³/mol. The van der Waals surface area contributed by atoms with E-state index in [4.69, 9.17) is 4.74 Å². The van der Waals surface area contributed by atoms with Crippen molar-refractivity contribution in [2.24, 2.45) is 0 Å². The highest BCUT2D eigenvalue weighted by molar-refractivity contribution is 5.29. The van der Waals surface area contributed by atoms with E-state index in [0.717, 1.165) is 5.56 Å². The van der Waals surface area contributed by atoms with Crippen LogP contribution in [0.25, 0.3) is 0 Å². The van der Waals surface area contributed by atoms with Gasteiger partial charge in [-0.3, -0.25) is 0 Å². The Hall–Kier alpha value is -1.92. The van der Waals surface area contributed by atoms with Gasteiger partial charge in [-0.05, 0) is 24.6 Å². The number of aliphatic hydroxyl groups excluding tert-OH is 2. The summed E-state index contributed by atoms with van der Waals surface area (Å²) in [6, 6.07) is 7.23. The zero-order chi connectivity index (χ0) is 13.8. The van der Waals surface area contributed by atoms with Crippen molar-refractivity contribution in [2.75, 3.05) is 7.11 Å². The van der Waals surface area contributed by atoms with E-state index in [1.54, 1.807) is 26.3 Å². The second kappa shape index (κ2) is 5.81. The van der Waals surface area contributed by atoms with Crippen LogP contribution in [0, 0.1) is 0 Å². The van der Waals surface area contributed by atoms with E-state index in [1.165, 1.54) is 4.68 Å². The molecule has 2 rings (SSSR count). The highest BCUT2D eigenvalue weighted by Crippen LogP contribution is 2.20. The third kappa shape index (κ3) is 3.30. The van der Waals surface area contributed by atoms with Crippen LogP contribution in [0.4, 0.5) is 0 Å². The molecule has 0 saturated heterocycles. The van der Waals surface area contributed by atoms with Gasteiger partial charge in [0, 0.05) is 0 Å². The summed E-state index contributed by atoms with van der Waals surface area (Å²) >= 11 is 0. The van der Waals surface area contributed by atoms with Gasteiger partial charge in [0.2, 0.25) is 0 Å². The van der Waals surface area contributed by atoms with Gasteiger partial charge in [-0.25, -0.2) is 4.68 Å². The van der Waals surface area contributed by atoms with Crippen LogP contribution >= 0.6 is 0 Å². The number of rotatable bonds is 5. The molecule has 19 heavy (non-hydrogen) atoms. The molecular formula is C13H17N3O3. The standard InChI is InChI=1S/C13H17N3O3/c1-9(17)12-7-16(15-14-12)8-13(18)10-4-3-5-11(6-10)19-2/h3-7,9,13,17-18H,8H2,1-2H3. The van der Waals surface area contributed by atoms with Crippen LogP contribution in [0.5, 0.6) is 5.75 Å². The van der Waals surface area contributed by atoms with Gasteiger partial charge in [0.1, 0.15) is 11.4 Å². The Balaban J connectivity index is 2.08. The van der Waals surface area contributed by atoms with Crippen LogP contribution in [0.1, 0.15) is 30.4 Å². The third-order valence-corrected chi connectivity index (χ3v) is 2.82. The molecule has 0 fully saturated rings. The average molecular weight is 263 g/mol. The molecule has 2 unspecified atom stereocenters. The van der Waals surface area contributed by atoms with Gasteiger partial charge >= 0.3 is 0 Å². The minimum Gasteiger partial charge on any atom is -0.497 e. The Morgan fingerprint density at radius 1 is 1.37 bits per heavy atom. The second-order valence-corrected chi connectivity index (χ2v) is 4.33. The summed E-state index contributed by atoms with van der Waals surface area (Å²) in [5, 5.41) is 27.2. The minimum absolute atomic E-state index is 0.271. The van der Waals surface area contributed by atoms with E-state index >= 15 is 0 Å². The van der Waals surface area contributed by atoms with E-state index < -0.39 is 12.2 Å². The fourth-order valence-corrected chi connectivity index (χ4v) is 1.73. The minimum atomic E-state index is -0.710. The molecule has 1 aromatic heterocycles. The monoisotopic (exact) mass is 263 g/mol. The summed E-state index contributed by atoms with van der Waals surface area (Å²) in [6.45, 7) is 1.89. The molecular weight excluding hydrogens is 246 g/mol. The summed E-state index contributed by atoms with van der Waals surface area (Å²) in [4.78, 5) is 0. The number of hydrogen-bond donors (Lipinski definition) is 2. The van der Waals surface area contributed by atoms with E-state index in [-0.39, 0.29) is 6.54 Å². The normalized spacial score (nSPS) is 14.1. The maximum Gasteiger partial charge on any atom is 0.119 e. The van der Waals surface area contributed by atoms with Gasteiger partial charge in [-0.15, -0.1) is 5.10 Å². The van der Waals surface area contributed by atoms with Gasteiger partial charge in [-0.1, -0.05) is 17.3 Å². The predicted octanol–water partition coefficient (Wildman–Crippen LogP) is 1.07. The molecule has 102 valence electrons. The SMILES string of the molecule is COc1cccc(C(O)Cn2cc(C(C)O)nn2)c1. The number of aromatic nitrogens is 3. The first kappa shape index (κ1) is 13.5. The topological polar surface area (TPSA) is 80.4 Å². The lowest BCUT2D eigenvalue weighted by molar-refractivity contribution is 0.150. The maximum atomic E-state index is 10.1. The molecule has 1 aromatic carbocycles. The van der Waals surface area contributed by atoms with Crippen LogP contribution in [0.15, 0.2) is 30.5 Å². The number of hydrogen-bond acceptors (Lipinski definition) is 5. The zero-order valence-corrected chi connectivity index (χ0v) is 10.9. The van der Waals surface area contributed by atoms with Gasteiger partial charge < -0.3 is 14.9 Å². The summed E-state index contributed by atoms with van der Waals surface area (Å²) in [5.41, 5.74) is 1.23. The van der Waals surface area contributed by atoms with Crippen molar-refractivity contribution in [3.63, 3.8) is 0 Å². The van der Waals surface area contributed by atoms with E-state index in [2.05, 4.69) is 10.3 Å². The molecule has 0 bridgehead atoms. The molecule has 0 saturated carbocycles. The molecule has 6 heteroatoms. The number of methoxy groups -OCH3 is 1. The molecule has 0 radical (unpaired) electrons. The average Bonchev–Trinajstić information content (AvgIpc) is 2.87. The molecule has 0 amide bonds. The Morgan fingerprint density at radius 2 is 2.16 bits per heavy atom. The van der Waals surface area contributed by atoms with E-state index in [1.807, 2.05) is 18.2 Å². The van der Waals surface area contributed by atoms with E-state index in [0.29, 0.717) is 11.4 Å². The van der Waals surface area contributed by atoms with Crippen LogP contribution in [-0.4, -0.2) is 32.3 Å². The van der Waals surface area contributed by atoms with Crippen LogP contribution in [0.3, 0.4) is 0 Å². The van der Waals surface area contributed by atoms with Gasteiger partial charge in [-0.2, -0.15) is 0 Å². The Morgan fingerprint density at radius 3 is 2.79 bits per heavy atom. The fraction of sp³-hybridized carbons (Fsp3) is 0.385. The van der Waals surface area contributed by atoms with Crippen LogP contribution in [-0.2, 0) is 6.54 Å². The summed E-state index contributed by atoms with van der Waals surface area (Å²) in [7, 11) is 1.58. The molecule has 1 heterocycles. The molecule has 2 atom stereocenters. The van der Waals surface area contributed by atoms with Crippen molar-refractivity contribution in [3.8, 4) is 5.75 Å². The zero-order valence-electron chi connectivity index (χ0n) is 10.9.